The number of anilines is 2. The van der Waals surface area contributed by atoms with E-state index in [0.717, 1.165) is 41.7 Å². The standard InChI is InChI=1S/C17H16ClN5OS.CH4/c1-9(24)21-17-23-14-5-3-11(7-15(14)25-17)22-16-12-6-10(18)2-4-13(12)19-8-20-16;/h2,4,6,8,11H,3,5,7H2,1H3,(H,19,20,22)(H,21,23,24);1H4. The Kier molecular flexibility index (Phi) is 5.38. The molecule has 1 atom stereocenters. The van der Waals surface area contributed by atoms with Gasteiger partial charge in [0.1, 0.15) is 12.1 Å². The number of thiazole rings is 1. The fourth-order valence-electron chi connectivity index (χ4n) is 3.04. The molecule has 26 heavy (non-hydrogen) atoms. The molecule has 3 aromatic rings. The first-order valence-electron chi connectivity index (χ1n) is 8.01. The van der Waals surface area contributed by atoms with Crippen molar-refractivity contribution in [3.05, 3.63) is 40.1 Å². The van der Waals surface area contributed by atoms with Crippen molar-refractivity contribution in [2.75, 3.05) is 10.6 Å². The fraction of sp³-hybridized carbons (Fsp3) is 0.333. The third-order valence-corrected chi connectivity index (χ3v) is 5.43. The van der Waals surface area contributed by atoms with E-state index < -0.39 is 0 Å². The van der Waals surface area contributed by atoms with Gasteiger partial charge in [-0.2, -0.15) is 0 Å². The van der Waals surface area contributed by atoms with Gasteiger partial charge in [0.05, 0.1) is 11.2 Å². The number of aryl methyl sites for hydroxylation is 1. The minimum atomic E-state index is -0.0925. The van der Waals surface area contributed by atoms with Gasteiger partial charge in [0.2, 0.25) is 5.91 Å². The molecule has 0 bridgehead atoms. The predicted molar refractivity (Wildman–Crippen MR) is 107 cm³/mol. The SMILES string of the molecule is C.CC(=O)Nc1nc2c(s1)CC(Nc1ncnc3ccc(Cl)cc13)CC2. The lowest BCUT2D eigenvalue weighted by Gasteiger charge is -2.23. The molecule has 8 heteroatoms. The van der Waals surface area contributed by atoms with Crippen molar-refractivity contribution in [1.82, 2.24) is 15.0 Å². The van der Waals surface area contributed by atoms with E-state index in [1.54, 1.807) is 17.7 Å². The van der Waals surface area contributed by atoms with Crippen LogP contribution in [0.25, 0.3) is 10.9 Å². The number of amides is 1. The minimum Gasteiger partial charge on any atom is -0.366 e. The third kappa shape index (κ3) is 3.78. The van der Waals surface area contributed by atoms with Crippen LogP contribution in [0.15, 0.2) is 24.5 Å². The van der Waals surface area contributed by atoms with Crippen LogP contribution in [0.3, 0.4) is 0 Å². The number of hydrogen-bond donors (Lipinski definition) is 2. The second-order valence-electron chi connectivity index (χ2n) is 6.04. The summed E-state index contributed by atoms with van der Waals surface area (Å²) in [7, 11) is 0. The Morgan fingerprint density at radius 2 is 2.19 bits per heavy atom. The van der Waals surface area contributed by atoms with Crippen molar-refractivity contribution in [1.29, 1.82) is 0 Å². The topological polar surface area (TPSA) is 79.8 Å². The van der Waals surface area contributed by atoms with Crippen LogP contribution in [0.2, 0.25) is 5.02 Å². The van der Waals surface area contributed by atoms with E-state index in [1.165, 1.54) is 11.8 Å². The lowest BCUT2D eigenvalue weighted by atomic mass is 9.97. The van der Waals surface area contributed by atoms with Crippen LogP contribution in [0.4, 0.5) is 10.9 Å². The Bertz CT molecular complexity index is 958. The van der Waals surface area contributed by atoms with Gasteiger partial charge in [-0.15, -0.1) is 11.3 Å². The van der Waals surface area contributed by atoms with Crippen LogP contribution in [-0.2, 0) is 17.6 Å². The van der Waals surface area contributed by atoms with Crippen LogP contribution >= 0.6 is 22.9 Å². The zero-order chi connectivity index (χ0) is 17.4. The highest BCUT2D eigenvalue weighted by molar-refractivity contribution is 7.15. The Balaban J connectivity index is 0.00000196. The number of nitrogens with zero attached hydrogens (tertiary/aromatic N) is 3. The Labute approximate surface area is 161 Å². The molecule has 1 aliphatic rings. The number of fused-ring (bicyclic) bond motifs is 2. The second kappa shape index (κ2) is 7.55. The van der Waals surface area contributed by atoms with E-state index in [9.17, 15) is 4.79 Å². The van der Waals surface area contributed by atoms with Gasteiger partial charge < -0.3 is 10.6 Å². The van der Waals surface area contributed by atoms with E-state index >= 15 is 0 Å². The fourth-order valence-corrected chi connectivity index (χ4v) is 4.35. The molecule has 0 fully saturated rings. The normalized spacial score (nSPS) is 15.8. The van der Waals surface area contributed by atoms with Gasteiger partial charge in [-0.05, 0) is 31.0 Å². The van der Waals surface area contributed by atoms with Gasteiger partial charge in [-0.3, -0.25) is 4.79 Å². The van der Waals surface area contributed by atoms with E-state index in [4.69, 9.17) is 11.6 Å². The highest BCUT2D eigenvalue weighted by Gasteiger charge is 2.23. The van der Waals surface area contributed by atoms with Crippen molar-refractivity contribution in [3.63, 3.8) is 0 Å². The quantitative estimate of drug-likeness (QED) is 0.697. The van der Waals surface area contributed by atoms with Crippen LogP contribution in [0.5, 0.6) is 0 Å². The first kappa shape index (κ1) is 18.5. The number of hydrogen-bond acceptors (Lipinski definition) is 6. The van der Waals surface area contributed by atoms with Gasteiger partial charge in [0.25, 0.3) is 0 Å². The summed E-state index contributed by atoms with van der Waals surface area (Å²) in [5.74, 6) is 0.706. The van der Waals surface area contributed by atoms with Crippen molar-refractivity contribution in [2.45, 2.75) is 39.7 Å². The minimum absolute atomic E-state index is 0. The molecule has 0 spiro atoms. The molecule has 2 N–H and O–H groups in total. The molecule has 1 aromatic carbocycles. The maximum atomic E-state index is 11.2. The maximum Gasteiger partial charge on any atom is 0.223 e. The molecule has 6 nitrogen and oxygen atoms in total. The van der Waals surface area contributed by atoms with E-state index in [1.807, 2.05) is 18.2 Å². The second-order valence-corrected chi connectivity index (χ2v) is 7.56. The van der Waals surface area contributed by atoms with Gasteiger partial charge in [-0.1, -0.05) is 19.0 Å². The molecule has 136 valence electrons. The van der Waals surface area contributed by atoms with Crippen molar-refractivity contribution < 1.29 is 4.79 Å². The average molecular weight is 390 g/mol. The first-order chi connectivity index (χ1) is 12.1. The number of benzene rings is 1. The molecule has 4 rings (SSSR count). The average Bonchev–Trinajstić information content (AvgIpc) is 2.96. The molecule has 1 aliphatic carbocycles. The van der Waals surface area contributed by atoms with Gasteiger partial charge in [0.15, 0.2) is 5.13 Å². The van der Waals surface area contributed by atoms with Crippen LogP contribution < -0.4 is 10.6 Å². The summed E-state index contributed by atoms with van der Waals surface area (Å²) in [5.41, 5.74) is 1.95. The highest BCUT2D eigenvalue weighted by atomic mass is 35.5. The van der Waals surface area contributed by atoms with Crippen molar-refractivity contribution in [3.8, 4) is 0 Å². The molecule has 0 saturated carbocycles. The summed E-state index contributed by atoms with van der Waals surface area (Å²) in [4.78, 5) is 25.6. The smallest absolute Gasteiger partial charge is 0.223 e. The number of halogens is 1. The van der Waals surface area contributed by atoms with E-state index in [0.29, 0.717) is 10.2 Å². The summed E-state index contributed by atoms with van der Waals surface area (Å²) in [6.45, 7) is 1.50. The zero-order valence-electron chi connectivity index (χ0n) is 13.5. The highest BCUT2D eigenvalue weighted by Crippen LogP contribution is 2.32. The van der Waals surface area contributed by atoms with Crippen LogP contribution in [0.1, 0.15) is 31.3 Å². The summed E-state index contributed by atoms with van der Waals surface area (Å²) < 4.78 is 0. The number of carbonyl (C=O) groups is 1. The van der Waals surface area contributed by atoms with Gasteiger partial charge in [-0.25, -0.2) is 15.0 Å². The van der Waals surface area contributed by atoms with E-state index in [2.05, 4.69) is 25.6 Å². The summed E-state index contributed by atoms with van der Waals surface area (Å²) in [5, 5.41) is 8.56. The summed E-state index contributed by atoms with van der Waals surface area (Å²) in [6.07, 6.45) is 4.27. The Morgan fingerprint density at radius 1 is 1.35 bits per heavy atom. The predicted octanol–water partition coefficient (Wildman–Crippen LogP) is 4.30. The Hall–Kier alpha value is -2.25. The molecule has 2 aromatic heterocycles. The van der Waals surface area contributed by atoms with Crippen molar-refractivity contribution >= 4 is 50.7 Å². The third-order valence-electron chi connectivity index (χ3n) is 4.16. The largest absolute Gasteiger partial charge is 0.366 e. The number of carbonyl (C=O) groups excluding carboxylic acids is 1. The molecular weight excluding hydrogens is 370 g/mol. The molecule has 1 unspecified atom stereocenters. The summed E-state index contributed by atoms with van der Waals surface area (Å²) in [6, 6.07) is 5.87. The molecule has 0 aliphatic heterocycles. The number of nitrogens with one attached hydrogen (secondary N) is 2. The number of rotatable bonds is 3. The van der Waals surface area contributed by atoms with Gasteiger partial charge in [0, 0.05) is 34.7 Å². The Morgan fingerprint density at radius 3 is 3.00 bits per heavy atom. The monoisotopic (exact) mass is 389 g/mol. The van der Waals surface area contributed by atoms with Gasteiger partial charge >= 0.3 is 0 Å². The lowest BCUT2D eigenvalue weighted by molar-refractivity contribution is -0.114. The van der Waals surface area contributed by atoms with Crippen LogP contribution in [0, 0.1) is 0 Å². The molecular formula is C18H20ClN5OS. The molecule has 0 radical (unpaired) electrons. The van der Waals surface area contributed by atoms with Crippen molar-refractivity contribution in [2.24, 2.45) is 0 Å². The lowest BCUT2D eigenvalue weighted by Crippen LogP contribution is -2.27. The zero-order valence-corrected chi connectivity index (χ0v) is 15.1. The first-order valence-corrected chi connectivity index (χ1v) is 9.21. The maximum absolute atomic E-state index is 11.2. The number of aromatic nitrogens is 3. The summed E-state index contributed by atoms with van der Waals surface area (Å²) >= 11 is 7.67. The molecule has 1 amide bonds. The van der Waals surface area contributed by atoms with Crippen LogP contribution in [-0.4, -0.2) is 26.9 Å². The van der Waals surface area contributed by atoms with E-state index in [-0.39, 0.29) is 19.4 Å². The molecule has 2 heterocycles. The molecule has 0 saturated heterocycles.